The molecule has 2 aliphatic heterocycles. The lowest BCUT2D eigenvalue weighted by atomic mass is 9.95. The van der Waals surface area contributed by atoms with Crippen LogP contribution >= 0.6 is 11.6 Å². The number of ketones is 1. The van der Waals surface area contributed by atoms with Crippen LogP contribution in [0.3, 0.4) is 0 Å². The normalized spacial score (nSPS) is 20.9. The predicted octanol–water partition coefficient (Wildman–Crippen LogP) is 3.49. The molecule has 0 bridgehead atoms. The molecule has 8 heteroatoms. The summed E-state index contributed by atoms with van der Waals surface area (Å²) in [6, 6.07) is 13.4. The summed E-state index contributed by atoms with van der Waals surface area (Å²) in [5.41, 5.74) is 1.18. The highest BCUT2D eigenvalue weighted by Gasteiger charge is 2.46. The van der Waals surface area contributed by atoms with Crippen LogP contribution < -0.4 is 4.74 Å². The van der Waals surface area contributed by atoms with Crippen molar-refractivity contribution < 1.29 is 24.2 Å². The van der Waals surface area contributed by atoms with Crippen LogP contribution in [0.4, 0.5) is 0 Å². The zero-order chi connectivity index (χ0) is 23.4. The summed E-state index contributed by atoms with van der Waals surface area (Å²) in [6.45, 7) is 6.16. The van der Waals surface area contributed by atoms with E-state index < -0.39 is 17.7 Å². The number of aliphatic hydroxyl groups excluding tert-OH is 1. The number of hydrogen-bond acceptors (Lipinski definition) is 6. The van der Waals surface area contributed by atoms with E-state index in [0.717, 1.165) is 18.7 Å². The lowest BCUT2D eigenvalue weighted by Gasteiger charge is -2.31. The van der Waals surface area contributed by atoms with Gasteiger partial charge in [-0.25, -0.2) is 0 Å². The molecular weight excluding hydrogens is 444 g/mol. The van der Waals surface area contributed by atoms with Crippen molar-refractivity contribution in [3.05, 3.63) is 70.3 Å². The summed E-state index contributed by atoms with van der Waals surface area (Å²) in [5.74, 6) is -1.08. The highest BCUT2D eigenvalue weighted by atomic mass is 35.5. The summed E-state index contributed by atoms with van der Waals surface area (Å²) in [6.07, 6.45) is 0. The predicted molar refractivity (Wildman–Crippen MR) is 125 cm³/mol. The van der Waals surface area contributed by atoms with Crippen LogP contribution in [0.15, 0.2) is 54.1 Å². The Kier molecular flexibility index (Phi) is 7.33. The Labute approximate surface area is 198 Å². The molecule has 2 heterocycles. The van der Waals surface area contributed by atoms with Crippen molar-refractivity contribution in [2.24, 2.45) is 0 Å². The first-order valence-corrected chi connectivity index (χ1v) is 11.4. The molecule has 1 N–H and O–H groups in total. The molecule has 0 radical (unpaired) electrons. The van der Waals surface area contributed by atoms with Crippen LogP contribution in [0.5, 0.6) is 5.75 Å². The van der Waals surface area contributed by atoms with E-state index in [-0.39, 0.29) is 11.3 Å². The second kappa shape index (κ2) is 10.4. The molecule has 2 aromatic rings. The molecule has 2 fully saturated rings. The van der Waals surface area contributed by atoms with Gasteiger partial charge in [0, 0.05) is 31.7 Å². The summed E-state index contributed by atoms with van der Waals surface area (Å²) in [5, 5.41) is 11.5. The molecule has 33 heavy (non-hydrogen) atoms. The number of carbonyl (C=O) groups excluding carboxylic acids is 2. The van der Waals surface area contributed by atoms with E-state index in [1.54, 1.807) is 23.1 Å². The molecule has 2 aromatic carbocycles. The van der Waals surface area contributed by atoms with Crippen LogP contribution in [0.1, 0.15) is 24.1 Å². The molecule has 2 saturated heterocycles. The van der Waals surface area contributed by atoms with Gasteiger partial charge in [-0.2, -0.15) is 0 Å². The fourth-order valence-electron chi connectivity index (χ4n) is 4.24. The summed E-state index contributed by atoms with van der Waals surface area (Å²) in [7, 11) is 0. The van der Waals surface area contributed by atoms with Crippen LogP contribution in [-0.2, 0) is 14.3 Å². The fourth-order valence-corrected chi connectivity index (χ4v) is 4.48. The van der Waals surface area contributed by atoms with Gasteiger partial charge in [0.2, 0.25) is 0 Å². The quantitative estimate of drug-likeness (QED) is 0.379. The molecule has 174 valence electrons. The summed E-state index contributed by atoms with van der Waals surface area (Å²) >= 11 is 6.31. The number of ether oxygens (including phenoxy) is 2. The maximum atomic E-state index is 13.1. The van der Waals surface area contributed by atoms with E-state index in [1.165, 1.54) is 0 Å². The Morgan fingerprint density at radius 1 is 1.12 bits per heavy atom. The number of carbonyl (C=O) groups is 2. The molecular formula is C25H27ClN2O5. The van der Waals surface area contributed by atoms with Crippen molar-refractivity contribution >= 4 is 29.1 Å². The third kappa shape index (κ3) is 4.90. The van der Waals surface area contributed by atoms with Gasteiger partial charge in [-0.05, 0) is 30.7 Å². The summed E-state index contributed by atoms with van der Waals surface area (Å²) < 4.78 is 10.9. The minimum Gasteiger partial charge on any atom is -0.507 e. The second-order valence-electron chi connectivity index (χ2n) is 7.94. The van der Waals surface area contributed by atoms with Crippen LogP contribution in [-0.4, -0.2) is 72.6 Å². The number of Topliss-reactive ketones (excluding diaryl/α,β-unsaturated/α-hetero) is 1. The van der Waals surface area contributed by atoms with E-state index in [0.29, 0.717) is 49.2 Å². The molecule has 4 rings (SSSR count). The monoisotopic (exact) mass is 470 g/mol. The number of halogens is 1. The number of morpholine rings is 1. The van der Waals surface area contributed by atoms with Crippen molar-refractivity contribution in [2.45, 2.75) is 13.0 Å². The minimum absolute atomic E-state index is 0.0633. The first-order valence-electron chi connectivity index (χ1n) is 11.1. The Bertz CT molecular complexity index is 1050. The molecule has 0 saturated carbocycles. The number of rotatable bonds is 7. The van der Waals surface area contributed by atoms with E-state index in [4.69, 9.17) is 21.1 Å². The molecule has 7 nitrogen and oxygen atoms in total. The minimum atomic E-state index is -0.701. The van der Waals surface area contributed by atoms with E-state index in [1.807, 2.05) is 37.3 Å². The Balaban J connectivity index is 1.71. The van der Waals surface area contributed by atoms with Gasteiger partial charge in [-0.3, -0.25) is 14.5 Å². The number of amides is 1. The van der Waals surface area contributed by atoms with Gasteiger partial charge in [0.05, 0.1) is 36.5 Å². The highest BCUT2D eigenvalue weighted by Crippen LogP contribution is 2.40. The van der Waals surface area contributed by atoms with E-state index in [2.05, 4.69) is 4.90 Å². The third-order valence-electron chi connectivity index (χ3n) is 5.92. The lowest BCUT2D eigenvalue weighted by molar-refractivity contribution is -0.140. The first-order chi connectivity index (χ1) is 16.0. The Morgan fingerprint density at radius 3 is 2.52 bits per heavy atom. The van der Waals surface area contributed by atoms with Crippen LogP contribution in [0.25, 0.3) is 5.76 Å². The van der Waals surface area contributed by atoms with Gasteiger partial charge in [0.15, 0.2) is 0 Å². The lowest BCUT2D eigenvalue weighted by Crippen LogP contribution is -2.42. The molecule has 2 aliphatic rings. The first kappa shape index (κ1) is 23.3. The Morgan fingerprint density at radius 2 is 1.85 bits per heavy atom. The molecule has 1 amide bonds. The number of likely N-dealkylation sites (tertiary alicyclic amines) is 1. The highest BCUT2D eigenvalue weighted by molar-refractivity contribution is 6.46. The van der Waals surface area contributed by atoms with E-state index in [9.17, 15) is 14.7 Å². The smallest absolute Gasteiger partial charge is 0.295 e. The fraction of sp³-hybridized carbons (Fsp3) is 0.360. The molecule has 0 spiro atoms. The van der Waals surface area contributed by atoms with Crippen molar-refractivity contribution in [1.29, 1.82) is 0 Å². The third-order valence-corrected chi connectivity index (χ3v) is 6.22. The van der Waals surface area contributed by atoms with Crippen LogP contribution in [0.2, 0.25) is 5.02 Å². The maximum absolute atomic E-state index is 13.1. The maximum Gasteiger partial charge on any atom is 0.295 e. The van der Waals surface area contributed by atoms with Gasteiger partial charge < -0.3 is 19.5 Å². The van der Waals surface area contributed by atoms with Gasteiger partial charge in [-0.15, -0.1) is 0 Å². The second-order valence-corrected chi connectivity index (χ2v) is 8.34. The Hall–Kier alpha value is -2.87. The van der Waals surface area contributed by atoms with Crippen molar-refractivity contribution in [3.8, 4) is 5.75 Å². The van der Waals surface area contributed by atoms with Crippen LogP contribution in [0, 0.1) is 0 Å². The molecule has 0 unspecified atom stereocenters. The number of benzene rings is 2. The zero-order valence-corrected chi connectivity index (χ0v) is 19.3. The summed E-state index contributed by atoms with van der Waals surface area (Å²) in [4.78, 5) is 29.9. The largest absolute Gasteiger partial charge is 0.507 e. The number of aliphatic hydroxyl groups is 1. The molecule has 0 aliphatic carbocycles. The zero-order valence-electron chi connectivity index (χ0n) is 18.5. The standard InChI is InChI=1S/C25H27ClN2O5/c1-2-33-20-9-8-18(16-19(20)26)23(29)21-22(17-6-4-3-5-7-17)28(25(31)24(21)30)11-10-27-12-14-32-15-13-27/h3-9,16,22,29H,2,10-15H2,1H3/t22-/m1/s1. The average molecular weight is 471 g/mol. The van der Waals surface area contributed by atoms with Gasteiger partial charge >= 0.3 is 0 Å². The molecule has 1 atom stereocenters. The molecule has 0 aromatic heterocycles. The average Bonchev–Trinajstić information content (AvgIpc) is 3.09. The van der Waals surface area contributed by atoms with Gasteiger partial charge in [0.1, 0.15) is 11.5 Å². The van der Waals surface area contributed by atoms with Gasteiger partial charge in [-0.1, -0.05) is 41.9 Å². The van der Waals surface area contributed by atoms with Crippen molar-refractivity contribution in [3.63, 3.8) is 0 Å². The van der Waals surface area contributed by atoms with E-state index >= 15 is 0 Å². The number of nitrogens with zero attached hydrogens (tertiary/aromatic N) is 2. The van der Waals surface area contributed by atoms with Crippen molar-refractivity contribution in [2.75, 3.05) is 46.0 Å². The van der Waals surface area contributed by atoms with Gasteiger partial charge in [0.25, 0.3) is 11.7 Å². The SMILES string of the molecule is CCOc1ccc(C(O)=C2C(=O)C(=O)N(CCN3CCOCC3)[C@@H]2c2ccccc2)cc1Cl. The topological polar surface area (TPSA) is 79.3 Å². The number of hydrogen-bond donors (Lipinski definition) is 1. The van der Waals surface area contributed by atoms with Crippen molar-refractivity contribution in [1.82, 2.24) is 9.80 Å².